The van der Waals surface area contributed by atoms with Gasteiger partial charge in [0.05, 0.1) is 0 Å². The van der Waals surface area contributed by atoms with Crippen LogP contribution < -0.4 is 11.1 Å². The van der Waals surface area contributed by atoms with Crippen molar-refractivity contribution in [3.05, 3.63) is 40.7 Å². The first-order chi connectivity index (χ1) is 9.19. The molecule has 7 heteroatoms. The Hall–Kier alpha value is -1.86. The van der Waals surface area contributed by atoms with E-state index in [9.17, 15) is 9.18 Å². The van der Waals surface area contributed by atoms with Gasteiger partial charge in [-0.1, -0.05) is 11.3 Å². The smallest absolute Gasteiger partial charge is 0.257 e. The molecule has 1 amide bonds. The summed E-state index contributed by atoms with van der Waals surface area (Å²) in [7, 11) is 0. The number of hydrogen-bond donors (Lipinski definition) is 2. The van der Waals surface area contributed by atoms with Crippen LogP contribution >= 0.6 is 11.3 Å². The average Bonchev–Trinajstić information content (AvgIpc) is 2.84. The third-order valence-corrected chi connectivity index (χ3v) is 3.29. The van der Waals surface area contributed by atoms with Gasteiger partial charge in [-0.3, -0.25) is 10.1 Å². The summed E-state index contributed by atoms with van der Waals surface area (Å²) in [4.78, 5) is 11.8. The molecule has 2 aromatic rings. The Morgan fingerprint density at radius 2 is 2.05 bits per heavy atom. The summed E-state index contributed by atoms with van der Waals surface area (Å²) < 4.78 is 12.7. The van der Waals surface area contributed by atoms with Crippen molar-refractivity contribution in [3.63, 3.8) is 0 Å². The van der Waals surface area contributed by atoms with E-state index in [-0.39, 0.29) is 11.7 Å². The third-order valence-electron chi connectivity index (χ3n) is 2.39. The number of benzene rings is 1. The normalized spacial score (nSPS) is 10.4. The summed E-state index contributed by atoms with van der Waals surface area (Å²) in [6, 6.07) is 5.31. The molecule has 0 atom stereocenters. The van der Waals surface area contributed by atoms with Gasteiger partial charge >= 0.3 is 0 Å². The first-order valence-corrected chi connectivity index (χ1v) is 6.60. The van der Waals surface area contributed by atoms with Crippen LogP contribution in [0.3, 0.4) is 0 Å². The van der Waals surface area contributed by atoms with E-state index in [0.29, 0.717) is 17.2 Å². The standard InChI is InChI=1S/C12H13FN4OS/c13-9-5-3-8(4-6-9)11(18)15-12-17-16-10(19-12)2-1-7-14/h3-6H,1-2,7,14H2,(H,15,17,18). The molecule has 1 heterocycles. The molecule has 0 aliphatic carbocycles. The van der Waals surface area contributed by atoms with Crippen molar-refractivity contribution in [1.29, 1.82) is 0 Å². The van der Waals surface area contributed by atoms with Gasteiger partial charge in [-0.15, -0.1) is 10.2 Å². The van der Waals surface area contributed by atoms with E-state index < -0.39 is 0 Å². The molecule has 1 aromatic carbocycles. The number of anilines is 1. The van der Waals surface area contributed by atoms with Gasteiger partial charge in [-0.2, -0.15) is 0 Å². The van der Waals surface area contributed by atoms with Gasteiger partial charge in [0.1, 0.15) is 10.8 Å². The van der Waals surface area contributed by atoms with Crippen molar-refractivity contribution in [1.82, 2.24) is 10.2 Å². The maximum Gasteiger partial charge on any atom is 0.257 e. The quantitative estimate of drug-likeness (QED) is 0.875. The lowest BCUT2D eigenvalue weighted by Crippen LogP contribution is -2.11. The number of carbonyl (C=O) groups is 1. The monoisotopic (exact) mass is 280 g/mol. The summed E-state index contributed by atoms with van der Waals surface area (Å²) >= 11 is 1.32. The van der Waals surface area contributed by atoms with Crippen molar-refractivity contribution in [3.8, 4) is 0 Å². The zero-order valence-corrected chi connectivity index (χ0v) is 10.9. The predicted octanol–water partition coefficient (Wildman–Crippen LogP) is 1.82. The molecule has 0 aliphatic rings. The van der Waals surface area contributed by atoms with E-state index in [1.165, 1.54) is 35.6 Å². The Morgan fingerprint density at radius 3 is 2.74 bits per heavy atom. The molecule has 5 nitrogen and oxygen atoms in total. The fourth-order valence-corrected chi connectivity index (χ4v) is 2.21. The molecule has 19 heavy (non-hydrogen) atoms. The van der Waals surface area contributed by atoms with Gasteiger partial charge in [0.25, 0.3) is 5.91 Å². The van der Waals surface area contributed by atoms with Crippen LogP contribution in [0.2, 0.25) is 0 Å². The molecule has 0 spiro atoms. The fraction of sp³-hybridized carbons (Fsp3) is 0.250. The molecular formula is C12H13FN4OS. The summed E-state index contributed by atoms with van der Waals surface area (Å²) in [5, 5.41) is 11.7. The van der Waals surface area contributed by atoms with Crippen molar-refractivity contribution >= 4 is 22.4 Å². The van der Waals surface area contributed by atoms with E-state index in [1.54, 1.807) is 0 Å². The number of aromatic nitrogens is 2. The van der Waals surface area contributed by atoms with Crippen LogP contribution in [0.5, 0.6) is 0 Å². The SMILES string of the molecule is NCCCc1nnc(NC(=O)c2ccc(F)cc2)s1. The summed E-state index contributed by atoms with van der Waals surface area (Å²) in [6.45, 7) is 0.594. The van der Waals surface area contributed by atoms with Crippen molar-refractivity contribution in [2.45, 2.75) is 12.8 Å². The van der Waals surface area contributed by atoms with Crippen LogP contribution in [0.1, 0.15) is 21.8 Å². The molecule has 0 aliphatic heterocycles. The highest BCUT2D eigenvalue weighted by Gasteiger charge is 2.10. The van der Waals surface area contributed by atoms with Crippen LogP contribution in [0.15, 0.2) is 24.3 Å². The van der Waals surface area contributed by atoms with Crippen LogP contribution in [-0.4, -0.2) is 22.6 Å². The molecule has 0 saturated carbocycles. The Kier molecular flexibility index (Phi) is 4.53. The zero-order valence-electron chi connectivity index (χ0n) is 10.1. The van der Waals surface area contributed by atoms with Crippen molar-refractivity contribution < 1.29 is 9.18 Å². The second-order valence-electron chi connectivity index (χ2n) is 3.85. The summed E-state index contributed by atoms with van der Waals surface area (Å²) in [5.41, 5.74) is 5.78. The van der Waals surface area contributed by atoms with Gasteiger partial charge in [0, 0.05) is 12.0 Å². The van der Waals surface area contributed by atoms with Crippen LogP contribution in [-0.2, 0) is 6.42 Å². The maximum atomic E-state index is 12.7. The molecular weight excluding hydrogens is 267 g/mol. The van der Waals surface area contributed by atoms with Crippen LogP contribution in [0, 0.1) is 5.82 Å². The number of halogens is 1. The van der Waals surface area contributed by atoms with Gasteiger partial charge in [-0.05, 0) is 37.2 Å². The van der Waals surface area contributed by atoms with Gasteiger partial charge in [0.2, 0.25) is 5.13 Å². The molecule has 0 saturated heterocycles. The number of aryl methyl sites for hydroxylation is 1. The van der Waals surface area contributed by atoms with E-state index in [0.717, 1.165) is 17.8 Å². The molecule has 100 valence electrons. The number of hydrogen-bond acceptors (Lipinski definition) is 5. The maximum absolute atomic E-state index is 12.7. The van der Waals surface area contributed by atoms with E-state index >= 15 is 0 Å². The minimum Gasteiger partial charge on any atom is -0.330 e. The van der Waals surface area contributed by atoms with Gasteiger partial charge < -0.3 is 5.73 Å². The van der Waals surface area contributed by atoms with Crippen molar-refractivity contribution in [2.75, 3.05) is 11.9 Å². The number of rotatable bonds is 5. The molecule has 0 unspecified atom stereocenters. The molecule has 0 radical (unpaired) electrons. The molecule has 3 N–H and O–H groups in total. The van der Waals surface area contributed by atoms with E-state index in [4.69, 9.17) is 5.73 Å². The van der Waals surface area contributed by atoms with E-state index in [1.807, 2.05) is 0 Å². The highest BCUT2D eigenvalue weighted by Crippen LogP contribution is 2.17. The summed E-state index contributed by atoms with van der Waals surface area (Å²) in [5.74, 6) is -0.710. The van der Waals surface area contributed by atoms with Crippen LogP contribution in [0.25, 0.3) is 0 Å². The average molecular weight is 280 g/mol. The van der Waals surface area contributed by atoms with Crippen LogP contribution in [0.4, 0.5) is 9.52 Å². The number of nitrogens with zero attached hydrogens (tertiary/aromatic N) is 2. The highest BCUT2D eigenvalue weighted by molar-refractivity contribution is 7.15. The number of amides is 1. The van der Waals surface area contributed by atoms with Crippen molar-refractivity contribution in [2.24, 2.45) is 5.73 Å². The summed E-state index contributed by atoms with van der Waals surface area (Å²) in [6.07, 6.45) is 1.58. The van der Waals surface area contributed by atoms with Gasteiger partial charge in [0.15, 0.2) is 0 Å². The first kappa shape index (κ1) is 13.6. The fourth-order valence-electron chi connectivity index (χ4n) is 1.43. The lowest BCUT2D eigenvalue weighted by atomic mass is 10.2. The highest BCUT2D eigenvalue weighted by atomic mass is 32.1. The Bertz CT molecular complexity index is 555. The Morgan fingerprint density at radius 1 is 1.32 bits per heavy atom. The number of nitrogens with two attached hydrogens (primary N) is 1. The lowest BCUT2D eigenvalue weighted by Gasteiger charge is -2.00. The minimum absolute atomic E-state index is 0.332. The largest absolute Gasteiger partial charge is 0.330 e. The second kappa shape index (κ2) is 6.35. The predicted molar refractivity (Wildman–Crippen MR) is 71.6 cm³/mol. The molecule has 0 fully saturated rings. The molecule has 2 rings (SSSR count). The Labute approximate surface area is 113 Å². The molecule has 0 bridgehead atoms. The Balaban J connectivity index is 1.98. The zero-order chi connectivity index (χ0) is 13.7. The first-order valence-electron chi connectivity index (χ1n) is 5.78. The third kappa shape index (κ3) is 3.80. The van der Waals surface area contributed by atoms with Gasteiger partial charge in [-0.25, -0.2) is 4.39 Å². The number of carbonyl (C=O) groups excluding carboxylic acids is 1. The lowest BCUT2D eigenvalue weighted by molar-refractivity contribution is 0.102. The number of nitrogens with one attached hydrogen (secondary N) is 1. The molecule has 1 aromatic heterocycles. The topological polar surface area (TPSA) is 80.9 Å². The minimum atomic E-state index is -0.378. The second-order valence-corrected chi connectivity index (χ2v) is 4.92. The van der Waals surface area contributed by atoms with E-state index in [2.05, 4.69) is 15.5 Å².